The molecule has 1 atom stereocenters. The lowest BCUT2D eigenvalue weighted by Crippen LogP contribution is -2.50. The van der Waals surface area contributed by atoms with Gasteiger partial charge < -0.3 is 11.1 Å². The Balaban J connectivity index is 1.87. The fraction of sp³-hybridized carbons (Fsp3) is 0.182. The van der Waals surface area contributed by atoms with E-state index in [1.54, 1.807) is 41.3 Å². The number of hydrogen-bond acceptors (Lipinski definition) is 6. The van der Waals surface area contributed by atoms with Crippen LogP contribution in [-0.4, -0.2) is 16.7 Å². The van der Waals surface area contributed by atoms with E-state index in [2.05, 4.69) is 16.4 Å². The van der Waals surface area contributed by atoms with Gasteiger partial charge >= 0.3 is 0 Å². The third-order valence-electron chi connectivity index (χ3n) is 5.87. The zero-order valence-electron chi connectivity index (χ0n) is 15.8. The highest BCUT2D eigenvalue weighted by atomic mass is 35.5. The van der Waals surface area contributed by atoms with Crippen LogP contribution in [0.2, 0.25) is 5.02 Å². The number of benzene rings is 1. The van der Waals surface area contributed by atoms with Gasteiger partial charge in [-0.25, -0.2) is 4.98 Å². The third-order valence-corrected chi connectivity index (χ3v) is 6.10. The molecule has 1 aromatic carbocycles. The van der Waals surface area contributed by atoms with Crippen molar-refractivity contribution in [2.45, 2.75) is 24.7 Å². The van der Waals surface area contributed by atoms with E-state index in [1.807, 2.05) is 0 Å². The molecule has 2 aliphatic heterocycles. The molecule has 148 valence electrons. The first-order valence-corrected chi connectivity index (χ1v) is 9.87. The normalized spacial score (nSPS) is 22.7. The molecular formula is C22H16ClN5O2. The Morgan fingerprint density at radius 1 is 1.20 bits per heavy atom. The van der Waals surface area contributed by atoms with Crippen LogP contribution in [0.3, 0.4) is 0 Å². The molecule has 1 aromatic heterocycles. The van der Waals surface area contributed by atoms with Crippen molar-refractivity contribution in [3.8, 4) is 6.07 Å². The molecule has 3 aliphatic rings. The van der Waals surface area contributed by atoms with Crippen molar-refractivity contribution in [2.75, 3.05) is 10.2 Å². The second kappa shape index (κ2) is 6.44. The van der Waals surface area contributed by atoms with Crippen LogP contribution in [0.1, 0.15) is 24.8 Å². The van der Waals surface area contributed by atoms with Crippen molar-refractivity contribution >= 4 is 34.8 Å². The van der Waals surface area contributed by atoms with Crippen LogP contribution >= 0.6 is 11.6 Å². The molecule has 3 N–H and O–H groups in total. The highest BCUT2D eigenvalue weighted by molar-refractivity contribution is 6.30. The van der Waals surface area contributed by atoms with Gasteiger partial charge in [-0.05, 0) is 31.0 Å². The van der Waals surface area contributed by atoms with Crippen LogP contribution in [0, 0.1) is 11.3 Å². The van der Waals surface area contributed by atoms with E-state index < -0.39 is 11.3 Å². The Morgan fingerprint density at radius 2 is 2.00 bits per heavy atom. The quantitative estimate of drug-likeness (QED) is 0.737. The summed E-state index contributed by atoms with van der Waals surface area (Å²) in [5.74, 6) is -0.0713. The number of carbonyl (C=O) groups excluding carboxylic acids is 2. The molecule has 0 unspecified atom stereocenters. The van der Waals surface area contributed by atoms with Crippen molar-refractivity contribution in [2.24, 2.45) is 5.73 Å². The van der Waals surface area contributed by atoms with Crippen LogP contribution in [0.25, 0.3) is 0 Å². The first-order valence-electron chi connectivity index (χ1n) is 9.50. The number of nitriles is 1. The molecule has 0 radical (unpaired) electrons. The highest BCUT2D eigenvalue weighted by Crippen LogP contribution is 2.54. The lowest BCUT2D eigenvalue weighted by Gasteiger charge is -2.43. The maximum Gasteiger partial charge on any atom is 0.245 e. The lowest BCUT2D eigenvalue weighted by atomic mass is 9.64. The predicted octanol–water partition coefficient (Wildman–Crippen LogP) is 3.15. The molecule has 0 fully saturated rings. The fourth-order valence-electron chi connectivity index (χ4n) is 4.71. The number of carbonyl (C=O) groups is 2. The van der Waals surface area contributed by atoms with Gasteiger partial charge in [0.15, 0.2) is 5.78 Å². The largest absolute Gasteiger partial charge is 0.384 e. The lowest BCUT2D eigenvalue weighted by molar-refractivity contribution is -0.122. The van der Waals surface area contributed by atoms with Gasteiger partial charge in [0.2, 0.25) is 5.91 Å². The van der Waals surface area contributed by atoms with Crippen LogP contribution in [-0.2, 0) is 15.0 Å². The molecule has 5 rings (SSSR count). The Labute approximate surface area is 177 Å². The number of hydrogen-bond donors (Lipinski definition) is 2. The number of nitrogens with zero attached hydrogens (tertiary/aromatic N) is 3. The number of pyridine rings is 1. The van der Waals surface area contributed by atoms with Gasteiger partial charge in [-0.15, -0.1) is 0 Å². The summed E-state index contributed by atoms with van der Waals surface area (Å²) in [5, 5.41) is 13.4. The van der Waals surface area contributed by atoms with Crippen molar-refractivity contribution in [3.05, 3.63) is 75.8 Å². The van der Waals surface area contributed by atoms with Gasteiger partial charge in [0.25, 0.3) is 0 Å². The van der Waals surface area contributed by atoms with Crippen molar-refractivity contribution in [1.82, 2.24) is 4.98 Å². The summed E-state index contributed by atoms with van der Waals surface area (Å²) in [6.45, 7) is 0. The zero-order valence-corrected chi connectivity index (χ0v) is 16.5. The summed E-state index contributed by atoms with van der Waals surface area (Å²) in [4.78, 5) is 32.6. The van der Waals surface area contributed by atoms with E-state index in [9.17, 15) is 14.9 Å². The predicted molar refractivity (Wildman–Crippen MR) is 111 cm³/mol. The average molecular weight is 418 g/mol. The minimum Gasteiger partial charge on any atom is -0.384 e. The molecule has 0 saturated carbocycles. The number of halogens is 1. The Hall–Kier alpha value is -3.63. The number of fused-ring (bicyclic) bond motifs is 3. The second-order valence-corrected chi connectivity index (χ2v) is 7.83. The Kier molecular flexibility index (Phi) is 3.95. The summed E-state index contributed by atoms with van der Waals surface area (Å²) in [7, 11) is 0. The molecule has 30 heavy (non-hydrogen) atoms. The SMILES string of the molecule is N#CC1=C(N)N(c2ccc(Cl)cn2)C2=C(C(=O)CCC2)[C@]12C(=O)Nc1ccccc12. The topological polar surface area (TPSA) is 112 Å². The minimum absolute atomic E-state index is 0.0238. The molecule has 8 heteroatoms. The zero-order chi connectivity index (χ0) is 21.0. The molecule has 0 bridgehead atoms. The fourth-order valence-corrected chi connectivity index (χ4v) is 4.82. The highest BCUT2D eigenvalue weighted by Gasteiger charge is 2.60. The number of allylic oxidation sites excluding steroid dienone is 1. The molecule has 3 heterocycles. The molecule has 1 spiro atoms. The number of ketones is 1. The summed E-state index contributed by atoms with van der Waals surface area (Å²) in [6, 6.07) is 12.6. The third kappa shape index (κ3) is 2.22. The van der Waals surface area contributed by atoms with Crippen LogP contribution < -0.4 is 16.0 Å². The number of anilines is 2. The van der Waals surface area contributed by atoms with Crippen LogP contribution in [0.15, 0.2) is 65.3 Å². The molecule has 0 saturated heterocycles. The summed E-state index contributed by atoms with van der Waals surface area (Å²) in [6.07, 6.45) is 2.93. The van der Waals surface area contributed by atoms with Gasteiger partial charge in [0.1, 0.15) is 23.1 Å². The second-order valence-electron chi connectivity index (χ2n) is 7.39. The smallest absolute Gasteiger partial charge is 0.245 e. The number of nitrogens with two attached hydrogens (primary N) is 1. The summed E-state index contributed by atoms with van der Waals surface area (Å²) >= 11 is 5.98. The number of aromatic nitrogens is 1. The standard InChI is InChI=1S/C22H16ClN5O2/c23-12-8-9-18(26-11-12)28-16-6-3-7-17(29)19(16)22(14(10-24)20(28)25)13-4-1-2-5-15(13)27-21(22)30/h1-2,4-5,8-9,11H,3,6-7,25H2,(H,27,30)/t22-/m1/s1. The Morgan fingerprint density at radius 3 is 2.73 bits per heavy atom. The number of nitrogens with one attached hydrogen (secondary N) is 1. The van der Waals surface area contributed by atoms with E-state index in [0.29, 0.717) is 52.6 Å². The first-order chi connectivity index (χ1) is 14.5. The van der Waals surface area contributed by atoms with E-state index in [4.69, 9.17) is 17.3 Å². The van der Waals surface area contributed by atoms with Crippen LogP contribution in [0.4, 0.5) is 11.5 Å². The monoisotopic (exact) mass is 417 g/mol. The summed E-state index contributed by atoms with van der Waals surface area (Å²) < 4.78 is 0. The number of rotatable bonds is 1. The number of Topliss-reactive ketones (excluding diaryl/α,β-unsaturated/α-hetero) is 1. The van der Waals surface area contributed by atoms with Crippen LogP contribution in [0.5, 0.6) is 0 Å². The van der Waals surface area contributed by atoms with Crippen molar-refractivity contribution in [1.29, 1.82) is 5.26 Å². The van der Waals surface area contributed by atoms with E-state index >= 15 is 0 Å². The van der Waals surface area contributed by atoms with Gasteiger partial charge in [0.05, 0.1) is 10.6 Å². The van der Waals surface area contributed by atoms with Gasteiger partial charge in [-0.2, -0.15) is 5.26 Å². The minimum atomic E-state index is -1.55. The van der Waals surface area contributed by atoms with E-state index in [0.717, 1.165) is 0 Å². The molecule has 1 amide bonds. The Bertz CT molecular complexity index is 1220. The number of amides is 1. The van der Waals surface area contributed by atoms with Crippen molar-refractivity contribution in [3.63, 3.8) is 0 Å². The van der Waals surface area contributed by atoms with Gasteiger partial charge in [0, 0.05) is 35.1 Å². The molecular weight excluding hydrogens is 402 g/mol. The van der Waals surface area contributed by atoms with E-state index in [1.165, 1.54) is 6.20 Å². The molecule has 2 aromatic rings. The molecule has 7 nitrogen and oxygen atoms in total. The van der Waals surface area contributed by atoms with Crippen molar-refractivity contribution < 1.29 is 9.59 Å². The first kappa shape index (κ1) is 18.4. The molecule has 1 aliphatic carbocycles. The maximum absolute atomic E-state index is 13.4. The van der Waals surface area contributed by atoms with Gasteiger partial charge in [-0.1, -0.05) is 29.8 Å². The maximum atomic E-state index is 13.4. The average Bonchev–Trinajstić information content (AvgIpc) is 3.02. The van der Waals surface area contributed by atoms with E-state index in [-0.39, 0.29) is 17.2 Å². The van der Waals surface area contributed by atoms with Gasteiger partial charge in [-0.3, -0.25) is 14.5 Å². The number of para-hydroxylation sites is 1. The summed E-state index contributed by atoms with van der Waals surface area (Å²) in [5.41, 5.74) is 7.04.